The molecule has 1 aliphatic heterocycles. The molecule has 1 saturated heterocycles. The minimum Gasteiger partial charge on any atom is -0.496 e. The Labute approximate surface area is 209 Å². The fraction of sp³-hybridized carbons (Fsp3) is 0.400. The van der Waals surface area contributed by atoms with Crippen molar-refractivity contribution < 1.29 is 14.3 Å². The lowest BCUT2D eigenvalue weighted by Gasteiger charge is -2.20. The van der Waals surface area contributed by atoms with Gasteiger partial charge in [0.2, 0.25) is 11.8 Å². The zero-order valence-corrected chi connectivity index (χ0v) is 20.7. The van der Waals surface area contributed by atoms with Crippen LogP contribution in [0.4, 0.5) is 0 Å². The van der Waals surface area contributed by atoms with Crippen molar-refractivity contribution in [2.75, 3.05) is 26.0 Å². The van der Waals surface area contributed by atoms with Gasteiger partial charge in [-0.15, -0.1) is 10.2 Å². The van der Waals surface area contributed by atoms with Crippen LogP contribution in [0.2, 0.25) is 0 Å². The third-order valence-corrected chi connectivity index (χ3v) is 6.78. The summed E-state index contributed by atoms with van der Waals surface area (Å²) in [5.74, 6) is 1.73. The number of rotatable bonds is 10. The van der Waals surface area contributed by atoms with E-state index in [1.54, 1.807) is 19.5 Å². The first-order valence-corrected chi connectivity index (χ1v) is 12.8. The van der Waals surface area contributed by atoms with E-state index in [4.69, 9.17) is 4.74 Å². The monoisotopic (exact) mass is 494 g/mol. The van der Waals surface area contributed by atoms with Gasteiger partial charge in [-0.3, -0.25) is 19.1 Å². The number of hydrogen-bond acceptors (Lipinski definition) is 7. The summed E-state index contributed by atoms with van der Waals surface area (Å²) >= 11 is 1.31. The smallest absolute Gasteiger partial charge is 0.230 e. The molecule has 3 aromatic rings. The first kappa shape index (κ1) is 24.7. The van der Waals surface area contributed by atoms with E-state index >= 15 is 0 Å². The van der Waals surface area contributed by atoms with E-state index in [1.807, 2.05) is 45.9 Å². The number of ether oxygens (including phenoxy) is 1. The summed E-state index contributed by atoms with van der Waals surface area (Å²) in [5.41, 5.74) is 1.85. The van der Waals surface area contributed by atoms with Gasteiger partial charge in [-0.2, -0.15) is 0 Å². The van der Waals surface area contributed by atoms with Crippen molar-refractivity contribution in [3.8, 4) is 11.4 Å². The van der Waals surface area contributed by atoms with Crippen LogP contribution in [0, 0.1) is 0 Å². The lowest BCUT2D eigenvalue weighted by Crippen LogP contribution is -2.31. The number of nitrogens with zero attached hydrogens (tertiary/aromatic N) is 5. The van der Waals surface area contributed by atoms with Crippen molar-refractivity contribution in [1.29, 1.82) is 0 Å². The highest BCUT2D eigenvalue weighted by Gasteiger charge is 2.22. The Morgan fingerprint density at radius 2 is 2.03 bits per heavy atom. The van der Waals surface area contributed by atoms with Crippen LogP contribution in [0.25, 0.3) is 5.69 Å². The van der Waals surface area contributed by atoms with Crippen LogP contribution in [0.15, 0.2) is 53.9 Å². The number of para-hydroxylation sites is 1. The van der Waals surface area contributed by atoms with Crippen LogP contribution in [-0.2, 0) is 22.6 Å². The molecule has 2 aromatic heterocycles. The van der Waals surface area contributed by atoms with Crippen LogP contribution in [-0.4, -0.2) is 62.4 Å². The van der Waals surface area contributed by atoms with Crippen molar-refractivity contribution in [2.24, 2.45) is 0 Å². The van der Waals surface area contributed by atoms with Crippen LogP contribution < -0.4 is 10.1 Å². The van der Waals surface area contributed by atoms with Gasteiger partial charge in [0.05, 0.1) is 31.3 Å². The molecule has 1 aromatic carbocycles. The number of nitrogens with one attached hydrogen (secondary N) is 1. The van der Waals surface area contributed by atoms with E-state index in [9.17, 15) is 9.59 Å². The number of thioether (sulfide) groups is 1. The minimum absolute atomic E-state index is 0.0881. The second kappa shape index (κ2) is 12.3. The standard InChI is InChI=1S/C25H30N6O3S/c1-34-21-10-5-4-8-19(21)12-14-27-23(32)18-35-25-29-28-22(31(25)20-9-7-13-26-16-20)17-30-15-6-2-3-11-24(30)33/h4-5,7-10,13,16H,2-3,6,11-12,14-15,17-18H2,1H3,(H,27,32). The van der Waals surface area contributed by atoms with Gasteiger partial charge in [-0.25, -0.2) is 0 Å². The lowest BCUT2D eigenvalue weighted by molar-refractivity contribution is -0.131. The van der Waals surface area contributed by atoms with E-state index in [2.05, 4.69) is 20.5 Å². The van der Waals surface area contributed by atoms with Crippen molar-refractivity contribution in [3.05, 3.63) is 60.2 Å². The molecule has 1 aliphatic rings. The summed E-state index contributed by atoms with van der Waals surface area (Å²) < 4.78 is 7.26. The second-order valence-electron chi connectivity index (χ2n) is 8.27. The van der Waals surface area contributed by atoms with Crippen molar-refractivity contribution >= 4 is 23.6 Å². The fourth-order valence-electron chi connectivity index (χ4n) is 4.05. The molecular weight excluding hydrogens is 464 g/mol. The molecule has 184 valence electrons. The number of methoxy groups -OCH3 is 1. The molecule has 3 heterocycles. The Hall–Kier alpha value is -3.40. The predicted molar refractivity (Wildman–Crippen MR) is 133 cm³/mol. The average Bonchev–Trinajstić information content (AvgIpc) is 3.18. The first-order chi connectivity index (χ1) is 17.2. The van der Waals surface area contributed by atoms with Crippen LogP contribution in [0.1, 0.15) is 37.1 Å². The van der Waals surface area contributed by atoms with Gasteiger partial charge in [0.15, 0.2) is 11.0 Å². The molecule has 0 atom stereocenters. The average molecular weight is 495 g/mol. The van der Waals surface area contributed by atoms with Gasteiger partial charge >= 0.3 is 0 Å². The Morgan fingerprint density at radius 3 is 2.86 bits per heavy atom. The zero-order valence-electron chi connectivity index (χ0n) is 19.9. The number of amides is 2. The molecule has 10 heteroatoms. The maximum atomic E-state index is 12.5. The van der Waals surface area contributed by atoms with E-state index in [1.165, 1.54) is 11.8 Å². The van der Waals surface area contributed by atoms with E-state index in [-0.39, 0.29) is 17.6 Å². The maximum Gasteiger partial charge on any atom is 0.230 e. The van der Waals surface area contributed by atoms with Crippen LogP contribution in [0.5, 0.6) is 5.75 Å². The second-order valence-corrected chi connectivity index (χ2v) is 9.21. The number of likely N-dealkylation sites (tertiary alicyclic amines) is 1. The molecule has 1 fully saturated rings. The molecule has 0 saturated carbocycles. The number of pyridine rings is 1. The molecule has 0 bridgehead atoms. The van der Waals surface area contributed by atoms with Crippen molar-refractivity contribution in [1.82, 2.24) is 30.0 Å². The van der Waals surface area contributed by atoms with Gasteiger partial charge in [0.1, 0.15) is 5.75 Å². The summed E-state index contributed by atoms with van der Waals surface area (Å²) in [6, 6.07) is 11.5. The molecular formula is C25H30N6O3S. The summed E-state index contributed by atoms with van der Waals surface area (Å²) in [6.07, 6.45) is 7.66. The molecule has 4 rings (SSSR count). The molecule has 0 unspecified atom stereocenters. The Balaban J connectivity index is 1.40. The topological polar surface area (TPSA) is 102 Å². The van der Waals surface area contributed by atoms with Gasteiger partial charge in [-0.05, 0) is 43.0 Å². The maximum absolute atomic E-state index is 12.5. The summed E-state index contributed by atoms with van der Waals surface area (Å²) in [7, 11) is 1.64. The number of hydrogen-bond donors (Lipinski definition) is 1. The molecule has 0 aliphatic carbocycles. The molecule has 9 nitrogen and oxygen atoms in total. The Morgan fingerprint density at radius 1 is 1.14 bits per heavy atom. The summed E-state index contributed by atoms with van der Waals surface area (Å²) in [5, 5.41) is 12.3. The van der Waals surface area contributed by atoms with Crippen LogP contribution in [0.3, 0.4) is 0 Å². The van der Waals surface area contributed by atoms with Gasteiger partial charge in [0, 0.05) is 25.7 Å². The number of carbonyl (C=O) groups excluding carboxylic acids is 2. The van der Waals surface area contributed by atoms with Crippen molar-refractivity contribution in [3.63, 3.8) is 0 Å². The SMILES string of the molecule is COc1ccccc1CCNC(=O)CSc1nnc(CN2CCCCCC2=O)n1-c1cccnc1. The van der Waals surface area contributed by atoms with Gasteiger partial charge < -0.3 is 15.0 Å². The predicted octanol–water partition coefficient (Wildman–Crippen LogP) is 3.02. The normalized spacial score (nSPS) is 14.0. The summed E-state index contributed by atoms with van der Waals surface area (Å²) in [6.45, 7) is 1.61. The number of aromatic nitrogens is 4. The first-order valence-electron chi connectivity index (χ1n) is 11.8. The summed E-state index contributed by atoms with van der Waals surface area (Å²) in [4.78, 5) is 31.1. The zero-order chi connectivity index (χ0) is 24.5. The van der Waals surface area contributed by atoms with Crippen molar-refractivity contribution in [2.45, 2.75) is 43.8 Å². The fourth-order valence-corrected chi connectivity index (χ4v) is 4.85. The van der Waals surface area contributed by atoms with Crippen LogP contribution >= 0.6 is 11.8 Å². The highest BCUT2D eigenvalue weighted by molar-refractivity contribution is 7.99. The molecule has 2 amide bonds. The van der Waals surface area contributed by atoms with Gasteiger partial charge in [-0.1, -0.05) is 36.4 Å². The minimum atomic E-state index is -0.0881. The molecule has 35 heavy (non-hydrogen) atoms. The van der Waals surface area contributed by atoms with E-state index in [0.29, 0.717) is 36.9 Å². The van der Waals surface area contributed by atoms with E-state index in [0.717, 1.165) is 42.8 Å². The lowest BCUT2D eigenvalue weighted by atomic mass is 10.1. The Kier molecular flexibility index (Phi) is 8.72. The Bertz CT molecular complexity index is 1140. The largest absolute Gasteiger partial charge is 0.496 e. The van der Waals surface area contributed by atoms with Gasteiger partial charge in [0.25, 0.3) is 0 Å². The highest BCUT2D eigenvalue weighted by atomic mass is 32.2. The quantitative estimate of drug-likeness (QED) is 0.432. The molecule has 1 N–H and O–H groups in total. The number of benzene rings is 1. The van der Waals surface area contributed by atoms with E-state index < -0.39 is 0 Å². The third kappa shape index (κ3) is 6.60. The molecule has 0 spiro atoms. The highest BCUT2D eigenvalue weighted by Crippen LogP contribution is 2.23. The molecule has 0 radical (unpaired) electrons. The third-order valence-electron chi connectivity index (χ3n) is 5.85. The number of carbonyl (C=O) groups is 2.